The minimum atomic E-state index is -0.219. The van der Waals surface area contributed by atoms with Crippen LogP contribution in [-0.2, 0) is 4.79 Å². The average molecular weight is 494 g/mol. The molecule has 2 fully saturated rings. The second kappa shape index (κ2) is 9.78. The zero-order valence-corrected chi connectivity index (χ0v) is 20.2. The van der Waals surface area contributed by atoms with Crippen molar-refractivity contribution in [2.75, 3.05) is 0 Å². The minimum Gasteiger partial charge on any atom is -0.352 e. The number of amides is 1. The topological polar surface area (TPSA) is 46.9 Å². The molecule has 2 aliphatic rings. The van der Waals surface area contributed by atoms with Crippen LogP contribution in [0.5, 0.6) is 0 Å². The lowest BCUT2D eigenvalue weighted by Gasteiger charge is -2.33. The SMILES string of the molecule is O=C(NC1CCCCC1)C(C1CCCCC1)n1c(-c2ccc(Br)cc2)nc2ccccc21. The molecule has 1 unspecified atom stereocenters. The largest absolute Gasteiger partial charge is 0.352 e. The third-order valence-corrected chi connectivity index (χ3v) is 7.82. The van der Waals surface area contributed by atoms with E-state index in [0.717, 1.165) is 52.6 Å². The molecule has 4 nitrogen and oxygen atoms in total. The van der Waals surface area contributed by atoms with Gasteiger partial charge in [0.15, 0.2) is 0 Å². The molecule has 5 rings (SSSR count). The van der Waals surface area contributed by atoms with Crippen LogP contribution >= 0.6 is 15.9 Å². The number of halogens is 1. The Balaban J connectivity index is 1.60. The van der Waals surface area contributed by atoms with Gasteiger partial charge in [-0.3, -0.25) is 4.79 Å². The van der Waals surface area contributed by atoms with Crippen molar-refractivity contribution in [1.29, 1.82) is 0 Å². The second-order valence-corrected chi connectivity index (χ2v) is 10.4. The molecule has 0 spiro atoms. The van der Waals surface area contributed by atoms with E-state index in [9.17, 15) is 4.79 Å². The monoisotopic (exact) mass is 493 g/mol. The average Bonchev–Trinajstić information content (AvgIpc) is 3.20. The van der Waals surface area contributed by atoms with Gasteiger partial charge in [-0.05, 0) is 55.9 Å². The third kappa shape index (κ3) is 4.50. The molecule has 32 heavy (non-hydrogen) atoms. The number of para-hydroxylation sites is 2. The summed E-state index contributed by atoms with van der Waals surface area (Å²) in [6.07, 6.45) is 11.8. The van der Waals surface area contributed by atoms with Crippen molar-refractivity contribution in [2.45, 2.75) is 76.3 Å². The Labute approximate surface area is 198 Å². The Morgan fingerprint density at radius 1 is 0.906 bits per heavy atom. The number of rotatable bonds is 5. The molecule has 2 saturated carbocycles. The van der Waals surface area contributed by atoms with E-state index in [1.807, 2.05) is 6.07 Å². The van der Waals surface area contributed by atoms with E-state index in [1.54, 1.807) is 0 Å². The van der Waals surface area contributed by atoms with Crippen molar-refractivity contribution < 1.29 is 4.79 Å². The van der Waals surface area contributed by atoms with Crippen LogP contribution in [0.2, 0.25) is 0 Å². The molecule has 1 N–H and O–H groups in total. The van der Waals surface area contributed by atoms with E-state index in [1.165, 1.54) is 38.5 Å². The number of hydrogen-bond donors (Lipinski definition) is 1. The predicted octanol–water partition coefficient (Wildman–Crippen LogP) is 7.04. The molecule has 1 atom stereocenters. The Morgan fingerprint density at radius 2 is 1.56 bits per heavy atom. The maximum Gasteiger partial charge on any atom is 0.243 e. The number of nitrogens with one attached hydrogen (secondary N) is 1. The molecule has 0 bridgehead atoms. The first-order valence-corrected chi connectivity index (χ1v) is 13.0. The van der Waals surface area contributed by atoms with Crippen molar-refractivity contribution >= 4 is 32.9 Å². The van der Waals surface area contributed by atoms with E-state index < -0.39 is 0 Å². The molecule has 3 aromatic rings. The highest BCUT2D eigenvalue weighted by atomic mass is 79.9. The van der Waals surface area contributed by atoms with Crippen LogP contribution in [0, 0.1) is 5.92 Å². The van der Waals surface area contributed by atoms with Crippen molar-refractivity contribution in [1.82, 2.24) is 14.9 Å². The quantitative estimate of drug-likeness (QED) is 0.414. The Kier molecular flexibility index (Phi) is 6.63. The normalized spacial score (nSPS) is 19.2. The molecule has 2 aromatic carbocycles. The molecule has 1 aromatic heterocycles. The lowest BCUT2D eigenvalue weighted by molar-refractivity contribution is -0.127. The molecule has 2 aliphatic carbocycles. The zero-order chi connectivity index (χ0) is 21.9. The van der Waals surface area contributed by atoms with Crippen LogP contribution < -0.4 is 5.32 Å². The van der Waals surface area contributed by atoms with Crippen LogP contribution in [0.3, 0.4) is 0 Å². The first kappa shape index (κ1) is 21.7. The second-order valence-electron chi connectivity index (χ2n) is 9.49. The van der Waals surface area contributed by atoms with Gasteiger partial charge in [-0.2, -0.15) is 0 Å². The molecule has 168 valence electrons. The summed E-state index contributed by atoms with van der Waals surface area (Å²) < 4.78 is 3.30. The number of carbonyl (C=O) groups excluding carboxylic acids is 1. The van der Waals surface area contributed by atoms with Crippen molar-refractivity contribution in [3.05, 3.63) is 53.0 Å². The van der Waals surface area contributed by atoms with Gasteiger partial charge in [-0.25, -0.2) is 4.98 Å². The number of aromatic nitrogens is 2. The Bertz CT molecular complexity index is 1060. The number of imidazole rings is 1. The number of carbonyl (C=O) groups is 1. The Hall–Kier alpha value is -2.14. The highest BCUT2D eigenvalue weighted by molar-refractivity contribution is 9.10. The van der Waals surface area contributed by atoms with Gasteiger partial charge in [0.2, 0.25) is 5.91 Å². The van der Waals surface area contributed by atoms with Crippen molar-refractivity contribution in [3.8, 4) is 11.4 Å². The summed E-state index contributed by atoms with van der Waals surface area (Å²) in [5.74, 6) is 1.43. The smallest absolute Gasteiger partial charge is 0.243 e. The summed E-state index contributed by atoms with van der Waals surface area (Å²) in [4.78, 5) is 18.9. The molecule has 1 amide bonds. The summed E-state index contributed by atoms with van der Waals surface area (Å²) in [5, 5.41) is 3.46. The van der Waals surface area contributed by atoms with E-state index in [2.05, 4.69) is 68.3 Å². The molecule has 0 radical (unpaired) electrons. The lowest BCUT2D eigenvalue weighted by Crippen LogP contribution is -2.43. The summed E-state index contributed by atoms with van der Waals surface area (Å²) >= 11 is 3.55. The van der Waals surface area contributed by atoms with Gasteiger partial charge in [0.1, 0.15) is 11.9 Å². The summed E-state index contributed by atoms with van der Waals surface area (Å²) in [6.45, 7) is 0. The van der Waals surface area contributed by atoms with Crippen LogP contribution in [0.15, 0.2) is 53.0 Å². The van der Waals surface area contributed by atoms with Gasteiger partial charge in [0, 0.05) is 16.1 Å². The number of benzene rings is 2. The first-order valence-electron chi connectivity index (χ1n) is 12.2. The standard InChI is InChI=1S/C27H32BrN3O/c28-21-17-15-20(16-18-21)26-30-23-13-7-8-14-24(23)31(26)25(19-9-3-1-4-10-19)27(32)29-22-11-5-2-6-12-22/h7-8,13-19,22,25H,1-6,9-12H2,(H,29,32). The maximum absolute atomic E-state index is 13.9. The molecule has 0 aliphatic heterocycles. The molecule has 0 saturated heterocycles. The van der Waals surface area contributed by atoms with Crippen LogP contribution in [0.25, 0.3) is 22.4 Å². The fourth-order valence-electron chi connectivity index (χ4n) is 5.65. The number of hydrogen-bond acceptors (Lipinski definition) is 2. The van der Waals surface area contributed by atoms with E-state index >= 15 is 0 Å². The first-order chi connectivity index (χ1) is 15.7. The molecular formula is C27H32BrN3O. The van der Waals surface area contributed by atoms with Crippen molar-refractivity contribution in [2.24, 2.45) is 5.92 Å². The highest BCUT2D eigenvalue weighted by Gasteiger charge is 2.35. The maximum atomic E-state index is 13.9. The predicted molar refractivity (Wildman–Crippen MR) is 133 cm³/mol. The van der Waals surface area contributed by atoms with Gasteiger partial charge in [-0.1, -0.05) is 78.7 Å². The van der Waals surface area contributed by atoms with Crippen LogP contribution in [0.1, 0.15) is 70.3 Å². The van der Waals surface area contributed by atoms with Gasteiger partial charge in [0.25, 0.3) is 0 Å². The van der Waals surface area contributed by atoms with Crippen LogP contribution in [0.4, 0.5) is 0 Å². The lowest BCUT2D eigenvalue weighted by atomic mass is 9.82. The number of nitrogens with zero attached hydrogens (tertiary/aromatic N) is 2. The van der Waals surface area contributed by atoms with E-state index in [-0.39, 0.29) is 11.9 Å². The summed E-state index contributed by atoms with van der Waals surface area (Å²) in [6, 6.07) is 16.7. The van der Waals surface area contributed by atoms with Gasteiger partial charge in [0.05, 0.1) is 11.0 Å². The van der Waals surface area contributed by atoms with Gasteiger partial charge in [-0.15, -0.1) is 0 Å². The molecular weight excluding hydrogens is 462 g/mol. The number of fused-ring (bicyclic) bond motifs is 1. The van der Waals surface area contributed by atoms with E-state index in [0.29, 0.717) is 12.0 Å². The summed E-state index contributed by atoms with van der Waals surface area (Å²) in [5.41, 5.74) is 3.06. The van der Waals surface area contributed by atoms with Gasteiger partial charge < -0.3 is 9.88 Å². The summed E-state index contributed by atoms with van der Waals surface area (Å²) in [7, 11) is 0. The zero-order valence-electron chi connectivity index (χ0n) is 18.6. The van der Waals surface area contributed by atoms with Crippen LogP contribution in [-0.4, -0.2) is 21.5 Å². The third-order valence-electron chi connectivity index (χ3n) is 7.29. The van der Waals surface area contributed by atoms with Crippen molar-refractivity contribution in [3.63, 3.8) is 0 Å². The molecule has 1 heterocycles. The Morgan fingerprint density at radius 3 is 2.28 bits per heavy atom. The van der Waals surface area contributed by atoms with E-state index in [4.69, 9.17) is 4.98 Å². The molecule has 5 heteroatoms. The highest BCUT2D eigenvalue weighted by Crippen LogP contribution is 2.38. The fourth-order valence-corrected chi connectivity index (χ4v) is 5.92. The fraction of sp³-hybridized carbons (Fsp3) is 0.481. The van der Waals surface area contributed by atoms with Gasteiger partial charge >= 0.3 is 0 Å². The minimum absolute atomic E-state index is 0.185.